The van der Waals surface area contributed by atoms with Crippen LogP contribution in [0.2, 0.25) is 0 Å². The molecule has 1 aromatic rings. The normalized spacial score (nSPS) is 8.50. The minimum absolute atomic E-state index is 0.135. The van der Waals surface area contributed by atoms with Crippen molar-refractivity contribution in [3.05, 3.63) is 21.9 Å². The van der Waals surface area contributed by atoms with E-state index in [9.17, 15) is 9.59 Å². The van der Waals surface area contributed by atoms with Crippen molar-refractivity contribution < 1.29 is 19.4 Å². The van der Waals surface area contributed by atoms with E-state index in [1.807, 2.05) is 0 Å². The van der Waals surface area contributed by atoms with E-state index >= 15 is 0 Å². The van der Waals surface area contributed by atoms with Crippen LogP contribution in [0.1, 0.15) is 19.3 Å². The van der Waals surface area contributed by atoms with Gasteiger partial charge in [0.05, 0.1) is 7.11 Å². The number of carboxylic acids is 1. The summed E-state index contributed by atoms with van der Waals surface area (Å²) < 4.78 is 4.41. The fourth-order valence-electron chi connectivity index (χ4n) is 0.663. The molecule has 0 aromatic carbocycles. The Balaban J connectivity index is 0.000000791. The predicted molar refractivity (Wildman–Crippen MR) is 51.0 cm³/mol. The predicted octanol–water partition coefficient (Wildman–Crippen LogP) is 0.0517. The zero-order chi connectivity index (χ0) is 11.1. The Bertz CT molecular complexity index is 323. The monoisotopic (exact) mass is 218 g/mol. The van der Waals surface area contributed by atoms with Crippen LogP contribution in [-0.4, -0.2) is 24.2 Å². The summed E-state index contributed by atoms with van der Waals surface area (Å²) in [5, 5.41) is 8.51. The van der Waals surface area contributed by atoms with Crippen LogP contribution < -0.4 is 11.7 Å². The van der Waals surface area contributed by atoms with Gasteiger partial charge in [0.15, 0.2) is 0 Å². The molecule has 0 amide bonds. The standard InChI is InChI=1S/C7H6O4S.H4N2/c1-11-7(10)5-3-2-4(12-5)6(8)9;1-2/h2-3H,1H3,(H,8,9);1-2H2. The average Bonchev–Trinajstić information content (AvgIpc) is 2.68. The van der Waals surface area contributed by atoms with E-state index in [1.165, 1.54) is 19.2 Å². The van der Waals surface area contributed by atoms with Crippen molar-refractivity contribution >= 4 is 23.3 Å². The second-order valence-corrected chi connectivity index (χ2v) is 3.04. The Kier molecular flexibility index (Phi) is 5.46. The first-order valence-electron chi connectivity index (χ1n) is 3.40. The Labute approximate surface area is 84.1 Å². The number of carbonyl (C=O) groups is 2. The molecule has 5 N–H and O–H groups in total. The van der Waals surface area contributed by atoms with Crippen molar-refractivity contribution in [1.29, 1.82) is 0 Å². The first-order chi connectivity index (χ1) is 6.65. The fraction of sp³-hybridized carbons (Fsp3) is 0.143. The van der Waals surface area contributed by atoms with Gasteiger partial charge in [0.25, 0.3) is 0 Å². The number of ether oxygens (including phenoxy) is 1. The highest BCUT2D eigenvalue weighted by atomic mass is 32.1. The molecule has 1 heterocycles. The molecule has 0 saturated heterocycles. The summed E-state index contributed by atoms with van der Waals surface area (Å²) in [5.74, 6) is 6.46. The lowest BCUT2D eigenvalue weighted by molar-refractivity contribution is 0.0605. The minimum Gasteiger partial charge on any atom is -0.477 e. The number of hydrazine groups is 1. The van der Waals surface area contributed by atoms with Crippen molar-refractivity contribution in [2.75, 3.05) is 7.11 Å². The van der Waals surface area contributed by atoms with Crippen molar-refractivity contribution in [3.8, 4) is 0 Å². The average molecular weight is 218 g/mol. The number of thiophene rings is 1. The summed E-state index contributed by atoms with van der Waals surface area (Å²) in [6.45, 7) is 0. The van der Waals surface area contributed by atoms with Gasteiger partial charge in [0.2, 0.25) is 0 Å². The largest absolute Gasteiger partial charge is 0.477 e. The number of esters is 1. The first-order valence-corrected chi connectivity index (χ1v) is 4.21. The van der Waals surface area contributed by atoms with Crippen LogP contribution in [0.25, 0.3) is 0 Å². The van der Waals surface area contributed by atoms with Gasteiger partial charge in [0.1, 0.15) is 9.75 Å². The van der Waals surface area contributed by atoms with E-state index in [-0.39, 0.29) is 4.88 Å². The summed E-state index contributed by atoms with van der Waals surface area (Å²) >= 11 is 0.900. The van der Waals surface area contributed by atoms with Gasteiger partial charge < -0.3 is 9.84 Å². The molecule has 0 fully saturated rings. The molecule has 14 heavy (non-hydrogen) atoms. The van der Waals surface area contributed by atoms with Crippen LogP contribution in [-0.2, 0) is 4.74 Å². The molecule has 0 aliphatic carbocycles. The lowest BCUT2D eigenvalue weighted by Gasteiger charge is -1.91. The summed E-state index contributed by atoms with van der Waals surface area (Å²) in [4.78, 5) is 21.7. The SMILES string of the molecule is COC(=O)c1ccc(C(=O)O)s1.NN. The number of rotatable bonds is 2. The molecule has 78 valence electrons. The molecule has 0 saturated carbocycles. The Morgan fingerprint density at radius 2 is 1.86 bits per heavy atom. The molecule has 6 nitrogen and oxygen atoms in total. The highest BCUT2D eigenvalue weighted by Gasteiger charge is 2.12. The van der Waals surface area contributed by atoms with Crippen LogP contribution in [0.4, 0.5) is 0 Å². The molecular formula is C7H10N2O4S. The maximum atomic E-state index is 10.8. The number of hydrogen-bond acceptors (Lipinski definition) is 6. The van der Waals surface area contributed by atoms with Gasteiger partial charge >= 0.3 is 11.9 Å². The quantitative estimate of drug-likeness (QED) is 0.367. The molecular weight excluding hydrogens is 208 g/mol. The number of nitrogens with two attached hydrogens (primary N) is 2. The lowest BCUT2D eigenvalue weighted by Crippen LogP contribution is -2.02. The van der Waals surface area contributed by atoms with Gasteiger partial charge in [-0.3, -0.25) is 11.7 Å². The second kappa shape index (κ2) is 6.08. The van der Waals surface area contributed by atoms with Crippen LogP contribution in [0, 0.1) is 0 Å². The highest BCUT2D eigenvalue weighted by Crippen LogP contribution is 2.16. The number of aromatic carboxylic acids is 1. The van der Waals surface area contributed by atoms with E-state index in [4.69, 9.17) is 5.11 Å². The van der Waals surface area contributed by atoms with E-state index < -0.39 is 11.9 Å². The summed E-state index contributed by atoms with van der Waals surface area (Å²) in [5.41, 5.74) is 0. The summed E-state index contributed by atoms with van der Waals surface area (Å²) in [6, 6.07) is 2.80. The molecule has 0 aliphatic heterocycles. The number of carboxylic acid groups (broad SMARTS) is 1. The van der Waals surface area contributed by atoms with Gasteiger partial charge in [-0.1, -0.05) is 0 Å². The smallest absolute Gasteiger partial charge is 0.348 e. The van der Waals surface area contributed by atoms with Gasteiger partial charge in [-0.2, -0.15) is 0 Å². The maximum Gasteiger partial charge on any atom is 0.348 e. The van der Waals surface area contributed by atoms with E-state index in [1.54, 1.807) is 0 Å². The van der Waals surface area contributed by atoms with Crippen LogP contribution in [0.5, 0.6) is 0 Å². The molecule has 0 atom stereocenters. The third kappa shape index (κ3) is 3.13. The number of carbonyl (C=O) groups excluding carboxylic acids is 1. The fourth-order valence-corrected chi connectivity index (χ4v) is 1.43. The van der Waals surface area contributed by atoms with Crippen LogP contribution in [0.15, 0.2) is 12.1 Å². The highest BCUT2D eigenvalue weighted by molar-refractivity contribution is 7.15. The molecule has 0 spiro atoms. The van der Waals surface area contributed by atoms with Crippen LogP contribution >= 0.6 is 11.3 Å². The Hall–Kier alpha value is -1.44. The molecule has 1 aromatic heterocycles. The van der Waals surface area contributed by atoms with Gasteiger partial charge in [0, 0.05) is 0 Å². The Morgan fingerprint density at radius 1 is 1.36 bits per heavy atom. The zero-order valence-electron chi connectivity index (χ0n) is 7.39. The zero-order valence-corrected chi connectivity index (χ0v) is 8.21. The lowest BCUT2D eigenvalue weighted by atomic mass is 10.4. The minimum atomic E-state index is -1.03. The van der Waals surface area contributed by atoms with Crippen molar-refractivity contribution in [2.45, 2.75) is 0 Å². The first kappa shape index (κ1) is 12.6. The van der Waals surface area contributed by atoms with E-state index in [0.29, 0.717) is 4.88 Å². The van der Waals surface area contributed by atoms with Crippen molar-refractivity contribution in [3.63, 3.8) is 0 Å². The van der Waals surface area contributed by atoms with Crippen molar-refractivity contribution in [1.82, 2.24) is 0 Å². The summed E-state index contributed by atoms with van der Waals surface area (Å²) in [7, 11) is 1.25. The molecule has 0 radical (unpaired) electrons. The molecule has 1 rings (SSSR count). The second-order valence-electron chi connectivity index (χ2n) is 1.96. The molecule has 0 unspecified atom stereocenters. The van der Waals surface area contributed by atoms with Gasteiger partial charge in [-0.25, -0.2) is 9.59 Å². The summed E-state index contributed by atoms with van der Waals surface area (Å²) in [6.07, 6.45) is 0. The van der Waals surface area contributed by atoms with E-state index in [0.717, 1.165) is 11.3 Å². The van der Waals surface area contributed by atoms with Crippen LogP contribution in [0.3, 0.4) is 0 Å². The third-order valence-electron chi connectivity index (χ3n) is 1.20. The topological polar surface area (TPSA) is 116 Å². The maximum absolute atomic E-state index is 10.8. The number of hydrogen-bond donors (Lipinski definition) is 3. The molecule has 7 heteroatoms. The molecule has 0 aliphatic rings. The van der Waals surface area contributed by atoms with Gasteiger partial charge in [-0.15, -0.1) is 11.3 Å². The molecule has 0 bridgehead atoms. The van der Waals surface area contributed by atoms with Crippen molar-refractivity contribution in [2.24, 2.45) is 11.7 Å². The Morgan fingerprint density at radius 3 is 2.21 bits per heavy atom. The third-order valence-corrected chi connectivity index (χ3v) is 2.26. The van der Waals surface area contributed by atoms with Gasteiger partial charge in [-0.05, 0) is 12.1 Å². The number of methoxy groups -OCH3 is 1. The van der Waals surface area contributed by atoms with E-state index in [2.05, 4.69) is 16.4 Å².